The number of benzene rings is 2. The van der Waals surface area contributed by atoms with Crippen LogP contribution in [0.3, 0.4) is 0 Å². The zero-order valence-electron chi connectivity index (χ0n) is 10.9. The lowest BCUT2D eigenvalue weighted by Crippen LogP contribution is -2.03. The van der Waals surface area contributed by atoms with Gasteiger partial charge in [-0.2, -0.15) is 0 Å². The second kappa shape index (κ2) is 7.44. The molecule has 2 aromatic carbocycles. The van der Waals surface area contributed by atoms with Crippen molar-refractivity contribution < 1.29 is 4.39 Å². The van der Waals surface area contributed by atoms with Gasteiger partial charge in [-0.1, -0.05) is 58.4 Å². The number of alkyl halides is 1. The molecule has 0 aliphatic rings. The summed E-state index contributed by atoms with van der Waals surface area (Å²) >= 11 is 3.69. The van der Waals surface area contributed by atoms with E-state index in [-0.39, 0.29) is 5.82 Å². The lowest BCUT2D eigenvalue weighted by atomic mass is 10.0. The normalized spacial score (nSPS) is 12.3. The first-order valence-corrected chi connectivity index (χ1v) is 7.58. The molecule has 0 N–H and O–H groups in total. The molecule has 0 nitrogen and oxygen atoms in total. The monoisotopic (exact) mass is 320 g/mol. The minimum Gasteiger partial charge on any atom is -0.207 e. The van der Waals surface area contributed by atoms with Gasteiger partial charge in [0, 0.05) is 4.83 Å². The minimum atomic E-state index is -0.151. The highest BCUT2D eigenvalue weighted by Gasteiger charge is 2.06. The van der Waals surface area contributed by atoms with Crippen molar-refractivity contribution in [1.82, 2.24) is 0 Å². The van der Waals surface area contributed by atoms with Gasteiger partial charge in [0.25, 0.3) is 0 Å². The zero-order valence-corrected chi connectivity index (χ0v) is 12.4. The van der Waals surface area contributed by atoms with E-state index in [0.29, 0.717) is 4.83 Å². The maximum atomic E-state index is 13.1. The Kier molecular flexibility index (Phi) is 5.59. The highest BCUT2D eigenvalue weighted by Crippen LogP contribution is 2.17. The highest BCUT2D eigenvalue weighted by molar-refractivity contribution is 9.09. The predicted octanol–water partition coefficient (Wildman–Crippen LogP) is 5.15. The molecule has 1 atom stereocenters. The fourth-order valence-corrected chi connectivity index (χ4v) is 2.89. The number of hydrogen-bond acceptors (Lipinski definition) is 0. The first-order valence-electron chi connectivity index (χ1n) is 6.66. The molecule has 0 radical (unpaired) electrons. The third-order valence-electron chi connectivity index (χ3n) is 3.17. The summed E-state index contributed by atoms with van der Waals surface area (Å²) in [4.78, 5) is 0.415. The van der Waals surface area contributed by atoms with Crippen molar-refractivity contribution in [2.24, 2.45) is 0 Å². The Balaban J connectivity index is 1.74. The fraction of sp³-hybridized carbons (Fsp3) is 0.294. The summed E-state index contributed by atoms with van der Waals surface area (Å²) in [6.45, 7) is 0. The van der Waals surface area contributed by atoms with Gasteiger partial charge in [0.15, 0.2) is 0 Å². The molecule has 19 heavy (non-hydrogen) atoms. The molecule has 0 aliphatic carbocycles. The van der Waals surface area contributed by atoms with Gasteiger partial charge >= 0.3 is 0 Å². The van der Waals surface area contributed by atoms with Crippen LogP contribution in [0.25, 0.3) is 0 Å². The van der Waals surface area contributed by atoms with E-state index in [1.165, 1.54) is 11.6 Å². The maximum absolute atomic E-state index is 13.1. The molecule has 100 valence electrons. The predicted molar refractivity (Wildman–Crippen MR) is 82.2 cm³/mol. The molecular weight excluding hydrogens is 303 g/mol. The van der Waals surface area contributed by atoms with Crippen LogP contribution in [0, 0.1) is 5.82 Å². The summed E-state index contributed by atoms with van der Waals surface area (Å²) in [6, 6.07) is 17.4. The molecule has 0 amide bonds. The summed E-state index contributed by atoms with van der Waals surface area (Å²) in [5.74, 6) is -0.151. The van der Waals surface area contributed by atoms with Crippen molar-refractivity contribution in [3.63, 3.8) is 0 Å². The average molecular weight is 321 g/mol. The minimum absolute atomic E-state index is 0.151. The smallest absolute Gasteiger partial charge is 0.123 e. The van der Waals surface area contributed by atoms with Gasteiger partial charge < -0.3 is 0 Å². The second-order valence-corrected chi connectivity index (χ2v) is 6.10. The third-order valence-corrected chi connectivity index (χ3v) is 3.95. The quantitative estimate of drug-likeness (QED) is 0.645. The van der Waals surface area contributed by atoms with Gasteiger partial charge in [0.2, 0.25) is 0 Å². The van der Waals surface area contributed by atoms with Crippen molar-refractivity contribution in [1.29, 1.82) is 0 Å². The second-order valence-electron chi connectivity index (χ2n) is 4.81. The van der Waals surface area contributed by atoms with Gasteiger partial charge in [0.1, 0.15) is 5.82 Å². The summed E-state index contributed by atoms with van der Waals surface area (Å²) in [7, 11) is 0. The van der Waals surface area contributed by atoms with E-state index in [9.17, 15) is 4.39 Å². The van der Waals surface area contributed by atoms with Crippen LogP contribution in [-0.2, 0) is 12.8 Å². The Bertz CT molecular complexity index is 496. The van der Waals surface area contributed by atoms with E-state index < -0.39 is 0 Å². The molecule has 2 rings (SSSR count). The van der Waals surface area contributed by atoms with Crippen LogP contribution in [0.2, 0.25) is 0 Å². The van der Waals surface area contributed by atoms with Gasteiger partial charge in [0.05, 0.1) is 0 Å². The Morgan fingerprint density at radius 2 is 1.68 bits per heavy atom. The van der Waals surface area contributed by atoms with Crippen LogP contribution < -0.4 is 0 Å². The lowest BCUT2D eigenvalue weighted by molar-refractivity contribution is 0.623. The molecule has 0 aliphatic heterocycles. The van der Waals surface area contributed by atoms with Gasteiger partial charge in [-0.05, 0) is 48.9 Å². The number of hydrogen-bond donors (Lipinski definition) is 0. The molecule has 0 aromatic heterocycles. The van der Waals surface area contributed by atoms with Gasteiger partial charge in [-0.15, -0.1) is 0 Å². The van der Waals surface area contributed by atoms with E-state index >= 15 is 0 Å². The summed E-state index contributed by atoms with van der Waals surface area (Å²) in [5.41, 5.74) is 2.44. The Morgan fingerprint density at radius 1 is 0.947 bits per heavy atom. The fourth-order valence-electron chi connectivity index (χ4n) is 2.19. The van der Waals surface area contributed by atoms with E-state index in [4.69, 9.17) is 0 Å². The molecule has 0 bridgehead atoms. The molecule has 2 heteroatoms. The van der Waals surface area contributed by atoms with Crippen molar-refractivity contribution >= 4 is 15.9 Å². The Hall–Kier alpha value is -1.15. The van der Waals surface area contributed by atoms with Crippen molar-refractivity contribution in [3.05, 3.63) is 71.5 Å². The van der Waals surface area contributed by atoms with Crippen LogP contribution in [0.1, 0.15) is 24.0 Å². The van der Waals surface area contributed by atoms with Gasteiger partial charge in [-0.25, -0.2) is 4.39 Å². The summed E-state index contributed by atoms with van der Waals surface area (Å²) < 4.78 is 13.1. The Labute approximate surface area is 122 Å². The summed E-state index contributed by atoms with van der Waals surface area (Å²) in [5, 5.41) is 0. The first-order chi connectivity index (χ1) is 9.24. The molecule has 1 unspecified atom stereocenters. The maximum Gasteiger partial charge on any atom is 0.123 e. The Morgan fingerprint density at radius 3 is 2.42 bits per heavy atom. The van der Waals surface area contributed by atoms with Crippen LogP contribution in [0.5, 0.6) is 0 Å². The lowest BCUT2D eigenvalue weighted by Gasteiger charge is -2.10. The summed E-state index contributed by atoms with van der Waals surface area (Å²) in [6.07, 6.45) is 4.24. The SMILES string of the molecule is Fc1cccc(CC(Br)CCCc2ccccc2)c1. The molecule has 0 saturated carbocycles. The zero-order chi connectivity index (χ0) is 13.5. The first kappa shape index (κ1) is 14.3. The number of aryl methyl sites for hydroxylation is 1. The molecule has 0 fully saturated rings. The van der Waals surface area contributed by atoms with Crippen LogP contribution >= 0.6 is 15.9 Å². The van der Waals surface area contributed by atoms with E-state index in [0.717, 1.165) is 31.2 Å². The largest absolute Gasteiger partial charge is 0.207 e. The van der Waals surface area contributed by atoms with Crippen LogP contribution in [0.15, 0.2) is 54.6 Å². The van der Waals surface area contributed by atoms with Crippen molar-refractivity contribution in [2.75, 3.05) is 0 Å². The van der Waals surface area contributed by atoms with Crippen LogP contribution in [-0.4, -0.2) is 4.83 Å². The van der Waals surface area contributed by atoms with E-state index in [1.807, 2.05) is 12.1 Å². The topological polar surface area (TPSA) is 0 Å². The third kappa shape index (κ3) is 5.15. The molecule has 0 spiro atoms. The molecule has 0 saturated heterocycles. The average Bonchev–Trinajstić information content (AvgIpc) is 2.40. The molecule has 2 aromatic rings. The number of halogens is 2. The van der Waals surface area contributed by atoms with Crippen molar-refractivity contribution in [3.8, 4) is 0 Å². The van der Waals surface area contributed by atoms with Crippen LogP contribution in [0.4, 0.5) is 4.39 Å². The molecule has 0 heterocycles. The standard InChI is InChI=1S/C17H18BrF/c18-16(12-15-9-5-11-17(19)13-15)10-4-8-14-6-2-1-3-7-14/h1-3,5-7,9,11,13,16H,4,8,10,12H2. The van der Waals surface area contributed by atoms with E-state index in [2.05, 4.69) is 40.2 Å². The highest BCUT2D eigenvalue weighted by atomic mass is 79.9. The van der Waals surface area contributed by atoms with Crippen molar-refractivity contribution in [2.45, 2.75) is 30.5 Å². The van der Waals surface area contributed by atoms with E-state index in [1.54, 1.807) is 12.1 Å². The molecular formula is C17H18BrF. The van der Waals surface area contributed by atoms with Gasteiger partial charge in [-0.3, -0.25) is 0 Å². The number of rotatable bonds is 6.